The maximum absolute atomic E-state index is 12.6. The van der Waals surface area contributed by atoms with Gasteiger partial charge >= 0.3 is 0 Å². The van der Waals surface area contributed by atoms with Gasteiger partial charge in [-0.25, -0.2) is 0 Å². The van der Waals surface area contributed by atoms with Gasteiger partial charge in [-0.2, -0.15) is 0 Å². The number of nitrogens with zero attached hydrogens (tertiary/aromatic N) is 1. The molecule has 2 rings (SSSR count). The molecule has 1 heterocycles. The Morgan fingerprint density at radius 3 is 2.67 bits per heavy atom. The average molecular weight is 331 g/mol. The number of likely N-dealkylation sites (tertiary alicyclic amines) is 1. The largest absolute Gasteiger partial charge is 0.368 e. The SMILES string of the molecule is C[C@@H](C(N)=O)N1CCCC[C@H](NC(=O)CCc2ccccc2)C1=O. The second-order valence-electron chi connectivity index (χ2n) is 6.21. The second kappa shape index (κ2) is 8.47. The topological polar surface area (TPSA) is 92.5 Å². The lowest BCUT2D eigenvalue weighted by Crippen LogP contribution is -2.53. The first-order valence-corrected chi connectivity index (χ1v) is 8.42. The van der Waals surface area contributed by atoms with Crippen molar-refractivity contribution in [2.75, 3.05) is 6.54 Å². The molecule has 0 aliphatic carbocycles. The Hall–Kier alpha value is -2.37. The lowest BCUT2D eigenvalue weighted by molar-refractivity contribution is -0.141. The summed E-state index contributed by atoms with van der Waals surface area (Å²) in [6.07, 6.45) is 3.20. The Balaban J connectivity index is 1.92. The Bertz CT molecular complexity index is 588. The third kappa shape index (κ3) is 4.81. The second-order valence-corrected chi connectivity index (χ2v) is 6.21. The van der Waals surface area contributed by atoms with Crippen LogP contribution in [0.5, 0.6) is 0 Å². The van der Waals surface area contributed by atoms with Gasteiger partial charge in [0, 0.05) is 13.0 Å². The fourth-order valence-corrected chi connectivity index (χ4v) is 2.91. The predicted molar refractivity (Wildman–Crippen MR) is 90.9 cm³/mol. The van der Waals surface area contributed by atoms with Gasteiger partial charge in [-0.1, -0.05) is 30.3 Å². The standard InChI is InChI=1S/C18H25N3O3/c1-13(17(19)23)21-12-6-5-9-15(18(21)24)20-16(22)11-10-14-7-3-2-4-8-14/h2-4,7-8,13,15H,5-6,9-12H2,1H3,(H2,19,23)(H,20,22)/t13-,15-/m0/s1. The third-order valence-electron chi connectivity index (χ3n) is 4.42. The normalized spacial score (nSPS) is 19.5. The molecule has 6 nitrogen and oxygen atoms in total. The molecule has 3 N–H and O–H groups in total. The summed E-state index contributed by atoms with van der Waals surface area (Å²) in [4.78, 5) is 37.7. The third-order valence-corrected chi connectivity index (χ3v) is 4.42. The number of carbonyl (C=O) groups excluding carboxylic acids is 3. The summed E-state index contributed by atoms with van der Waals surface area (Å²) < 4.78 is 0. The fraction of sp³-hybridized carbons (Fsp3) is 0.500. The van der Waals surface area contributed by atoms with Gasteiger partial charge in [-0.05, 0) is 38.2 Å². The van der Waals surface area contributed by atoms with Gasteiger partial charge in [0.1, 0.15) is 12.1 Å². The van der Waals surface area contributed by atoms with Gasteiger partial charge in [0.15, 0.2) is 0 Å². The quantitative estimate of drug-likeness (QED) is 0.814. The van der Waals surface area contributed by atoms with Gasteiger partial charge in [0.2, 0.25) is 17.7 Å². The maximum atomic E-state index is 12.6. The van der Waals surface area contributed by atoms with Crippen molar-refractivity contribution in [3.63, 3.8) is 0 Å². The highest BCUT2D eigenvalue weighted by Gasteiger charge is 2.32. The highest BCUT2D eigenvalue weighted by Crippen LogP contribution is 2.15. The van der Waals surface area contributed by atoms with Crippen LogP contribution in [0, 0.1) is 0 Å². The highest BCUT2D eigenvalue weighted by atomic mass is 16.2. The first kappa shape index (κ1) is 18.0. The smallest absolute Gasteiger partial charge is 0.245 e. The van der Waals surface area contributed by atoms with Crippen LogP contribution in [0.1, 0.15) is 38.2 Å². The Kier molecular flexibility index (Phi) is 6.35. The van der Waals surface area contributed by atoms with Crippen LogP contribution in [0.3, 0.4) is 0 Å². The molecular weight excluding hydrogens is 306 g/mol. The van der Waals surface area contributed by atoms with Crippen molar-refractivity contribution in [1.82, 2.24) is 10.2 Å². The van der Waals surface area contributed by atoms with E-state index >= 15 is 0 Å². The molecule has 1 saturated heterocycles. The summed E-state index contributed by atoms with van der Waals surface area (Å²) in [7, 11) is 0. The molecule has 1 fully saturated rings. The molecule has 1 aliphatic rings. The van der Waals surface area contributed by atoms with E-state index in [1.807, 2.05) is 30.3 Å². The summed E-state index contributed by atoms with van der Waals surface area (Å²) in [6.45, 7) is 2.12. The van der Waals surface area contributed by atoms with Crippen LogP contribution in [-0.4, -0.2) is 41.2 Å². The van der Waals surface area contributed by atoms with E-state index in [9.17, 15) is 14.4 Å². The van der Waals surface area contributed by atoms with E-state index in [-0.39, 0.29) is 11.8 Å². The highest BCUT2D eigenvalue weighted by molar-refractivity contribution is 5.91. The van der Waals surface area contributed by atoms with Crippen LogP contribution in [0.4, 0.5) is 0 Å². The molecule has 130 valence electrons. The van der Waals surface area contributed by atoms with Crippen LogP contribution in [0.25, 0.3) is 0 Å². The predicted octanol–water partition coefficient (Wildman–Crippen LogP) is 0.990. The van der Waals surface area contributed by atoms with Crippen molar-refractivity contribution in [3.8, 4) is 0 Å². The molecule has 1 aromatic carbocycles. The minimum atomic E-state index is -0.653. The number of benzene rings is 1. The number of nitrogens with one attached hydrogen (secondary N) is 1. The lowest BCUT2D eigenvalue weighted by Gasteiger charge is -2.28. The maximum Gasteiger partial charge on any atom is 0.245 e. The molecule has 24 heavy (non-hydrogen) atoms. The monoisotopic (exact) mass is 331 g/mol. The van der Waals surface area contributed by atoms with E-state index in [2.05, 4.69) is 5.32 Å². The number of hydrogen-bond acceptors (Lipinski definition) is 3. The van der Waals surface area contributed by atoms with E-state index in [1.165, 1.54) is 4.90 Å². The van der Waals surface area contributed by atoms with Crippen molar-refractivity contribution in [1.29, 1.82) is 0 Å². The van der Waals surface area contributed by atoms with Gasteiger partial charge in [-0.3, -0.25) is 14.4 Å². The number of nitrogens with two attached hydrogens (primary N) is 1. The zero-order valence-electron chi connectivity index (χ0n) is 14.0. The van der Waals surface area contributed by atoms with E-state index in [0.29, 0.717) is 25.8 Å². The van der Waals surface area contributed by atoms with Crippen LogP contribution in [0.15, 0.2) is 30.3 Å². The number of aryl methyl sites for hydroxylation is 1. The van der Waals surface area contributed by atoms with Crippen molar-refractivity contribution in [2.24, 2.45) is 5.73 Å². The zero-order valence-corrected chi connectivity index (χ0v) is 14.0. The molecule has 6 heteroatoms. The Labute approximate surface area is 142 Å². The molecule has 2 atom stereocenters. The van der Waals surface area contributed by atoms with Gasteiger partial charge in [0.25, 0.3) is 0 Å². The molecule has 0 spiro atoms. The van der Waals surface area contributed by atoms with E-state index in [4.69, 9.17) is 5.73 Å². The molecule has 1 aromatic rings. The first-order valence-electron chi connectivity index (χ1n) is 8.42. The first-order chi connectivity index (χ1) is 11.5. The number of amides is 3. The number of primary amides is 1. The molecule has 0 bridgehead atoms. The van der Waals surface area contributed by atoms with Gasteiger partial charge < -0.3 is 16.0 Å². The minimum Gasteiger partial charge on any atom is -0.368 e. The summed E-state index contributed by atoms with van der Waals surface area (Å²) >= 11 is 0. The van der Waals surface area contributed by atoms with Crippen LogP contribution >= 0.6 is 0 Å². The summed E-state index contributed by atoms with van der Waals surface area (Å²) in [5.74, 6) is -0.892. The average Bonchev–Trinajstić information content (AvgIpc) is 2.75. The van der Waals surface area contributed by atoms with E-state index in [1.54, 1.807) is 6.92 Å². The number of hydrogen-bond donors (Lipinski definition) is 2. The molecule has 0 saturated carbocycles. The summed E-state index contributed by atoms with van der Waals surface area (Å²) in [5, 5.41) is 2.82. The molecule has 1 aliphatic heterocycles. The van der Waals surface area contributed by atoms with E-state index < -0.39 is 18.0 Å². The van der Waals surface area contributed by atoms with Crippen molar-refractivity contribution in [2.45, 2.75) is 51.1 Å². The van der Waals surface area contributed by atoms with Crippen molar-refractivity contribution < 1.29 is 14.4 Å². The fourth-order valence-electron chi connectivity index (χ4n) is 2.91. The number of carbonyl (C=O) groups is 3. The Morgan fingerprint density at radius 1 is 1.29 bits per heavy atom. The minimum absolute atomic E-state index is 0.147. The summed E-state index contributed by atoms with van der Waals surface area (Å²) in [5.41, 5.74) is 6.41. The van der Waals surface area contributed by atoms with Gasteiger partial charge in [-0.15, -0.1) is 0 Å². The molecular formula is C18H25N3O3. The molecule has 0 unspecified atom stereocenters. The van der Waals surface area contributed by atoms with Crippen LogP contribution in [-0.2, 0) is 20.8 Å². The molecule has 0 radical (unpaired) electrons. The van der Waals surface area contributed by atoms with E-state index in [0.717, 1.165) is 18.4 Å². The summed E-state index contributed by atoms with van der Waals surface area (Å²) in [6, 6.07) is 8.52. The molecule has 3 amide bonds. The zero-order chi connectivity index (χ0) is 17.5. The molecule has 0 aromatic heterocycles. The Morgan fingerprint density at radius 2 is 2.00 bits per heavy atom. The van der Waals surface area contributed by atoms with Crippen LogP contribution in [0.2, 0.25) is 0 Å². The lowest BCUT2D eigenvalue weighted by atomic mass is 10.1. The van der Waals surface area contributed by atoms with Crippen molar-refractivity contribution in [3.05, 3.63) is 35.9 Å². The van der Waals surface area contributed by atoms with Crippen molar-refractivity contribution >= 4 is 17.7 Å². The van der Waals surface area contributed by atoms with Crippen LogP contribution < -0.4 is 11.1 Å². The number of rotatable bonds is 6. The van der Waals surface area contributed by atoms with Gasteiger partial charge in [0.05, 0.1) is 0 Å².